The molecule has 0 fully saturated rings. The Hall–Kier alpha value is -1.11. The number of allylic oxidation sites excluding steroid dienone is 6. The van der Waals surface area contributed by atoms with Gasteiger partial charge >= 0.3 is 0 Å². The van der Waals surface area contributed by atoms with Crippen LogP contribution in [0.3, 0.4) is 0 Å². The molecule has 0 N–H and O–H groups in total. The summed E-state index contributed by atoms with van der Waals surface area (Å²) in [6.45, 7) is 6.68. The lowest BCUT2D eigenvalue weighted by atomic mass is 9.84. The first kappa shape index (κ1) is 9.45. The summed E-state index contributed by atoms with van der Waals surface area (Å²) in [7, 11) is 0. The average Bonchev–Trinajstić information content (AvgIpc) is 2.45. The maximum absolute atomic E-state index is 11.2. The second-order valence-corrected chi connectivity index (χ2v) is 5.13. The highest BCUT2D eigenvalue weighted by Gasteiger charge is 2.25. The van der Waals surface area contributed by atoms with Crippen molar-refractivity contribution in [1.29, 1.82) is 0 Å². The van der Waals surface area contributed by atoms with Crippen molar-refractivity contribution < 1.29 is 4.79 Å². The Morgan fingerprint density at radius 3 is 2.50 bits per heavy atom. The molecule has 14 heavy (non-hydrogen) atoms. The van der Waals surface area contributed by atoms with Gasteiger partial charge < -0.3 is 0 Å². The third-order valence-corrected chi connectivity index (χ3v) is 2.94. The third kappa shape index (κ3) is 1.59. The summed E-state index contributed by atoms with van der Waals surface area (Å²) in [5, 5.41) is 0. The lowest BCUT2D eigenvalue weighted by Crippen LogP contribution is -2.08. The molecule has 0 heterocycles. The molecule has 0 atom stereocenters. The molecule has 0 saturated carbocycles. The molecule has 2 aliphatic rings. The average molecular weight is 188 g/mol. The molecule has 1 heteroatoms. The van der Waals surface area contributed by atoms with Crippen molar-refractivity contribution >= 4 is 5.78 Å². The Morgan fingerprint density at radius 1 is 1.14 bits per heavy atom. The largest absolute Gasteiger partial charge is 0.294 e. The molecular formula is C13H16O. The lowest BCUT2D eigenvalue weighted by Gasteiger charge is -2.20. The van der Waals surface area contributed by atoms with Crippen LogP contribution < -0.4 is 0 Å². The van der Waals surface area contributed by atoms with Gasteiger partial charge in [-0.25, -0.2) is 0 Å². The Balaban J connectivity index is 2.24. The normalized spacial score (nSPS) is 21.4. The van der Waals surface area contributed by atoms with E-state index in [0.29, 0.717) is 6.42 Å². The van der Waals surface area contributed by atoms with Gasteiger partial charge in [0.05, 0.1) is 0 Å². The van der Waals surface area contributed by atoms with Crippen molar-refractivity contribution in [2.75, 3.05) is 0 Å². The molecule has 0 saturated heterocycles. The van der Waals surface area contributed by atoms with Crippen molar-refractivity contribution in [3.05, 3.63) is 34.9 Å². The van der Waals surface area contributed by atoms with Crippen molar-refractivity contribution in [3.63, 3.8) is 0 Å². The van der Waals surface area contributed by atoms with Crippen LogP contribution in [0.5, 0.6) is 0 Å². The molecule has 2 aliphatic carbocycles. The van der Waals surface area contributed by atoms with Crippen LogP contribution in [-0.2, 0) is 4.79 Å². The Morgan fingerprint density at radius 2 is 1.86 bits per heavy atom. The van der Waals surface area contributed by atoms with E-state index in [0.717, 1.165) is 6.42 Å². The van der Waals surface area contributed by atoms with E-state index < -0.39 is 0 Å². The molecule has 1 nitrogen and oxygen atoms in total. The fourth-order valence-electron chi connectivity index (χ4n) is 1.94. The highest BCUT2D eigenvalue weighted by Crippen LogP contribution is 2.39. The van der Waals surface area contributed by atoms with Crippen LogP contribution >= 0.6 is 0 Å². The van der Waals surface area contributed by atoms with Gasteiger partial charge in [0.25, 0.3) is 0 Å². The van der Waals surface area contributed by atoms with Gasteiger partial charge in [-0.3, -0.25) is 4.79 Å². The molecule has 74 valence electrons. The molecule has 0 spiro atoms. The first-order valence-electron chi connectivity index (χ1n) is 5.11. The van der Waals surface area contributed by atoms with Gasteiger partial charge in [-0.05, 0) is 23.5 Å². The molecule has 0 bridgehead atoms. The third-order valence-electron chi connectivity index (χ3n) is 2.94. The number of ketones is 1. The summed E-state index contributed by atoms with van der Waals surface area (Å²) < 4.78 is 0. The molecule has 0 amide bonds. The van der Waals surface area contributed by atoms with Crippen molar-refractivity contribution in [2.24, 2.45) is 5.41 Å². The van der Waals surface area contributed by atoms with E-state index >= 15 is 0 Å². The summed E-state index contributed by atoms with van der Waals surface area (Å²) in [5.74, 6) is 0.243. The van der Waals surface area contributed by atoms with Crippen LogP contribution in [0.2, 0.25) is 0 Å². The fraction of sp³-hybridized carbons (Fsp3) is 0.462. The van der Waals surface area contributed by atoms with E-state index in [1.165, 1.54) is 16.7 Å². The van der Waals surface area contributed by atoms with Gasteiger partial charge in [-0.2, -0.15) is 0 Å². The van der Waals surface area contributed by atoms with Crippen LogP contribution in [0.15, 0.2) is 34.9 Å². The first-order chi connectivity index (χ1) is 6.47. The fourth-order valence-corrected chi connectivity index (χ4v) is 1.94. The Kier molecular flexibility index (Phi) is 1.99. The van der Waals surface area contributed by atoms with Crippen molar-refractivity contribution in [2.45, 2.75) is 33.6 Å². The summed E-state index contributed by atoms with van der Waals surface area (Å²) in [6, 6.07) is 0. The number of carbonyl (C=O) groups is 1. The monoisotopic (exact) mass is 188 g/mol. The number of hydrogen-bond acceptors (Lipinski definition) is 1. The quantitative estimate of drug-likeness (QED) is 0.570. The van der Waals surface area contributed by atoms with Crippen LogP contribution in [0.1, 0.15) is 33.6 Å². The molecule has 0 unspecified atom stereocenters. The van der Waals surface area contributed by atoms with E-state index in [1.807, 2.05) is 6.08 Å². The van der Waals surface area contributed by atoms with Crippen molar-refractivity contribution in [1.82, 2.24) is 0 Å². The second kappa shape index (κ2) is 2.94. The van der Waals surface area contributed by atoms with E-state index in [9.17, 15) is 4.79 Å². The minimum atomic E-state index is 0.230. The molecule has 0 radical (unpaired) electrons. The van der Waals surface area contributed by atoms with Gasteiger partial charge in [-0.1, -0.05) is 44.1 Å². The molecule has 0 aromatic carbocycles. The topological polar surface area (TPSA) is 17.1 Å². The summed E-state index contributed by atoms with van der Waals surface area (Å²) in [4.78, 5) is 11.2. The van der Waals surface area contributed by atoms with E-state index in [-0.39, 0.29) is 11.2 Å². The zero-order valence-electron chi connectivity index (χ0n) is 9.05. The van der Waals surface area contributed by atoms with Crippen LogP contribution in [0.4, 0.5) is 0 Å². The maximum atomic E-state index is 11.2. The number of hydrogen-bond donors (Lipinski definition) is 0. The van der Waals surface area contributed by atoms with Crippen LogP contribution in [-0.4, -0.2) is 5.78 Å². The van der Waals surface area contributed by atoms with Gasteiger partial charge in [0, 0.05) is 6.42 Å². The van der Waals surface area contributed by atoms with E-state index in [1.54, 1.807) is 6.08 Å². The molecular weight excluding hydrogens is 172 g/mol. The predicted octanol–water partition coefficient (Wildman–Crippen LogP) is 3.19. The van der Waals surface area contributed by atoms with Gasteiger partial charge in [-0.15, -0.1) is 0 Å². The van der Waals surface area contributed by atoms with Gasteiger partial charge in [0.15, 0.2) is 5.78 Å². The SMILES string of the molecule is CC(C)(C)C1=CC2=C(CC(=O)C=C2)C1. The van der Waals surface area contributed by atoms with Crippen LogP contribution in [0.25, 0.3) is 0 Å². The van der Waals surface area contributed by atoms with Crippen molar-refractivity contribution in [3.8, 4) is 0 Å². The number of rotatable bonds is 0. The van der Waals surface area contributed by atoms with E-state index in [2.05, 4.69) is 26.8 Å². The lowest BCUT2D eigenvalue weighted by molar-refractivity contribution is -0.114. The standard InChI is InChI=1S/C13H16O/c1-13(2,3)11-6-9-4-5-12(14)8-10(9)7-11/h4-6H,7-8H2,1-3H3. The minimum Gasteiger partial charge on any atom is -0.294 e. The smallest absolute Gasteiger partial charge is 0.159 e. The van der Waals surface area contributed by atoms with Gasteiger partial charge in [0.2, 0.25) is 0 Å². The maximum Gasteiger partial charge on any atom is 0.159 e. The Labute approximate surface area is 85.2 Å². The zero-order valence-corrected chi connectivity index (χ0v) is 9.05. The molecule has 0 aromatic rings. The number of carbonyl (C=O) groups excluding carboxylic acids is 1. The summed E-state index contributed by atoms with van der Waals surface area (Å²) in [5.41, 5.74) is 4.26. The molecule has 2 rings (SSSR count). The van der Waals surface area contributed by atoms with E-state index in [4.69, 9.17) is 0 Å². The summed E-state index contributed by atoms with van der Waals surface area (Å²) >= 11 is 0. The zero-order chi connectivity index (χ0) is 10.3. The van der Waals surface area contributed by atoms with Gasteiger partial charge in [0.1, 0.15) is 0 Å². The highest BCUT2D eigenvalue weighted by molar-refractivity contribution is 5.94. The van der Waals surface area contributed by atoms with Crippen LogP contribution in [0, 0.1) is 5.41 Å². The highest BCUT2D eigenvalue weighted by atomic mass is 16.1. The second-order valence-electron chi connectivity index (χ2n) is 5.13. The minimum absolute atomic E-state index is 0.230. The molecule has 0 aromatic heterocycles. The predicted molar refractivity (Wildman–Crippen MR) is 57.9 cm³/mol. The molecule has 0 aliphatic heterocycles. The Bertz CT molecular complexity index is 373. The summed E-state index contributed by atoms with van der Waals surface area (Å²) in [6.07, 6.45) is 7.52. The first-order valence-corrected chi connectivity index (χ1v) is 5.11.